The van der Waals surface area contributed by atoms with Crippen molar-refractivity contribution < 1.29 is 76.2 Å². The summed E-state index contributed by atoms with van der Waals surface area (Å²) in [6, 6.07) is 22.9. The first-order valence-corrected chi connectivity index (χ1v) is 26.4. The largest absolute Gasteiger partial charge is 0.456 e. The number of carbonyl (C=O) groups is 6. The number of rotatable bonds is 10. The van der Waals surface area contributed by atoms with Crippen LogP contribution < -0.4 is 5.32 Å². The molecule has 0 spiro atoms. The second-order valence-electron chi connectivity index (χ2n) is 18.8. The second-order valence-corrected chi connectivity index (χ2v) is 21.8. The standard InChI is InChI=1S/C47H51NO14.2C2H6OS/c1-25-31(60-43(56)36(52)35(28-16-10-7-11-17-28)48-41(54)29-18-12-8-13-19-29)23-47(57)40(61-42(55)30-20-14-9-15-21-30)38-45(6,32(51)22-33-46(38,24-58-33)62-27(3)50)39(53)37(59-26(2)49)34(25)44(47,4)5;2*1-4(2)3/h7-21,31-33,35-38,40,51-52,57H,22-24H2,1-6H3,(H,48,54);2*1-2H3/t31-,32-,33+,35-,36+,37+,38?,40?,45+,46-,47+;;/m0../s1. The number of Topliss-reactive ketones (excluding diaryl/α,β-unsaturated/α-hetero) is 1. The average molecular weight is 1010 g/mol. The van der Waals surface area contributed by atoms with E-state index in [1.54, 1.807) is 118 Å². The Kier molecular flexibility index (Phi) is 17.7. The number of ketones is 1. The molecule has 3 aromatic rings. The highest BCUT2D eigenvalue weighted by molar-refractivity contribution is 7.83. The number of hydrogen-bond acceptors (Lipinski definition) is 16. The van der Waals surface area contributed by atoms with Gasteiger partial charge < -0.3 is 44.3 Å². The van der Waals surface area contributed by atoms with Crippen LogP contribution in [0.15, 0.2) is 102 Å². The first kappa shape index (κ1) is 55.5. The smallest absolute Gasteiger partial charge is 0.338 e. The van der Waals surface area contributed by atoms with E-state index in [4.69, 9.17) is 23.7 Å². The van der Waals surface area contributed by atoms with E-state index in [1.807, 2.05) is 0 Å². The number of amides is 1. The highest BCUT2D eigenvalue weighted by Crippen LogP contribution is 2.64. The molecule has 19 heteroatoms. The Hall–Kier alpha value is -5.44. The zero-order valence-electron chi connectivity index (χ0n) is 40.9. The van der Waals surface area contributed by atoms with E-state index in [-0.39, 0.29) is 35.3 Å². The van der Waals surface area contributed by atoms with Crippen LogP contribution in [0, 0.1) is 16.7 Å². The van der Waals surface area contributed by atoms with Crippen molar-refractivity contribution in [3.8, 4) is 0 Å². The van der Waals surface area contributed by atoms with Crippen LogP contribution in [0.2, 0.25) is 0 Å². The number of aliphatic hydroxyl groups is 3. The Balaban J connectivity index is 0.00000106. The molecule has 3 aromatic carbocycles. The molecule has 11 atom stereocenters. The molecule has 4 N–H and O–H groups in total. The summed E-state index contributed by atoms with van der Waals surface area (Å²) in [7, 11) is -1.22. The normalized spacial score (nSPS) is 29.2. The molecule has 1 heterocycles. The third kappa shape index (κ3) is 11.2. The van der Waals surface area contributed by atoms with E-state index in [1.165, 1.54) is 26.0 Å². The maximum absolute atomic E-state index is 15.5. The maximum Gasteiger partial charge on any atom is 0.338 e. The fourth-order valence-electron chi connectivity index (χ4n) is 10.2. The SMILES string of the molecule is CC(=O)O[C@H]1C(=O)[C@@]2(C)C(C(OC(=O)c3ccccc3)[C@]3(O)C[C@H](OC(=O)[C@H](O)[C@@H](NC(=O)c4ccccc4)c4ccccc4)C(C)=C1C3(C)C)[C@]1(OC(C)=O)CO[C@@H]1C[C@@H]2O.CS(C)=O.CS(C)=O. The van der Waals surface area contributed by atoms with Crippen LogP contribution in [0.1, 0.15) is 86.7 Å². The molecule has 3 fully saturated rings. The molecule has 70 heavy (non-hydrogen) atoms. The predicted molar refractivity (Wildman–Crippen MR) is 258 cm³/mol. The van der Waals surface area contributed by atoms with Gasteiger partial charge in [0, 0.05) is 84.3 Å². The molecule has 1 aliphatic heterocycles. The molecule has 380 valence electrons. The van der Waals surface area contributed by atoms with E-state index in [0.29, 0.717) is 5.56 Å². The molecule has 7 rings (SSSR count). The Bertz CT molecular complexity index is 2480. The summed E-state index contributed by atoms with van der Waals surface area (Å²) in [5, 5.41) is 40.2. The van der Waals surface area contributed by atoms with E-state index in [9.17, 15) is 47.7 Å². The second kappa shape index (κ2) is 22.3. The number of benzene rings is 3. The van der Waals surface area contributed by atoms with Gasteiger partial charge in [-0.15, -0.1) is 0 Å². The molecule has 0 aromatic heterocycles. The third-order valence-electron chi connectivity index (χ3n) is 13.5. The predicted octanol–water partition coefficient (Wildman–Crippen LogP) is 3.73. The minimum absolute atomic E-state index is 0.00289. The number of ether oxygens (including phenoxy) is 5. The summed E-state index contributed by atoms with van der Waals surface area (Å²) in [6.07, 6.45) is -3.96. The zero-order valence-corrected chi connectivity index (χ0v) is 42.5. The Morgan fingerprint density at radius 1 is 0.786 bits per heavy atom. The number of esters is 4. The van der Waals surface area contributed by atoms with Gasteiger partial charge in [-0.1, -0.05) is 80.6 Å². The number of carbonyl (C=O) groups excluding carboxylic acids is 6. The van der Waals surface area contributed by atoms with Gasteiger partial charge >= 0.3 is 23.9 Å². The Morgan fingerprint density at radius 2 is 1.30 bits per heavy atom. The zero-order chi connectivity index (χ0) is 52.1. The van der Waals surface area contributed by atoms with E-state index in [2.05, 4.69) is 5.32 Å². The number of fused-ring (bicyclic) bond motifs is 5. The van der Waals surface area contributed by atoms with Crippen molar-refractivity contribution in [3.63, 3.8) is 0 Å². The summed E-state index contributed by atoms with van der Waals surface area (Å²) in [5.41, 5.74) is -7.02. The fraction of sp³-hybridized carbons (Fsp3) is 0.490. The molecule has 17 nitrogen and oxygen atoms in total. The first-order valence-electron chi connectivity index (χ1n) is 22.4. The van der Waals surface area contributed by atoms with Crippen molar-refractivity contribution in [2.75, 3.05) is 31.6 Å². The van der Waals surface area contributed by atoms with Gasteiger partial charge in [0.15, 0.2) is 23.6 Å². The molecular formula is C51H63NO16S2. The van der Waals surface area contributed by atoms with Gasteiger partial charge in [0.25, 0.3) is 5.91 Å². The van der Waals surface area contributed by atoms with E-state index >= 15 is 4.79 Å². The lowest BCUT2D eigenvalue weighted by atomic mass is 9.44. The summed E-state index contributed by atoms with van der Waals surface area (Å²) >= 11 is 0. The molecule has 1 saturated heterocycles. The number of hydrogen-bond donors (Lipinski definition) is 4. The van der Waals surface area contributed by atoms with Crippen LogP contribution >= 0.6 is 0 Å². The summed E-state index contributed by atoms with van der Waals surface area (Å²) in [4.78, 5) is 83.5. The lowest BCUT2D eigenvalue weighted by Gasteiger charge is -2.67. The minimum atomic E-state index is -2.39. The Labute approximate surface area is 412 Å². The third-order valence-corrected chi connectivity index (χ3v) is 13.5. The molecule has 3 aliphatic carbocycles. The van der Waals surface area contributed by atoms with Crippen LogP contribution in [-0.4, -0.2) is 139 Å². The van der Waals surface area contributed by atoms with Crippen molar-refractivity contribution in [1.82, 2.24) is 5.32 Å². The topological polar surface area (TPSA) is 255 Å². The quantitative estimate of drug-likeness (QED) is 0.128. The van der Waals surface area contributed by atoms with Crippen molar-refractivity contribution in [3.05, 3.63) is 119 Å². The summed E-state index contributed by atoms with van der Waals surface area (Å²) < 4.78 is 49.4. The highest BCUT2D eigenvalue weighted by Gasteiger charge is 2.78. The van der Waals surface area contributed by atoms with Crippen LogP contribution in [0.25, 0.3) is 0 Å². The van der Waals surface area contributed by atoms with Crippen molar-refractivity contribution >= 4 is 57.2 Å². The van der Waals surface area contributed by atoms with E-state index in [0.717, 1.165) is 13.8 Å². The average Bonchev–Trinajstić information content (AvgIpc) is 3.29. The Morgan fingerprint density at radius 3 is 1.79 bits per heavy atom. The molecular weight excluding hydrogens is 947 g/mol. The highest BCUT2D eigenvalue weighted by atomic mass is 32.2. The monoisotopic (exact) mass is 1010 g/mol. The maximum atomic E-state index is 15.5. The van der Waals surface area contributed by atoms with Gasteiger partial charge in [-0.25, -0.2) is 9.59 Å². The lowest BCUT2D eigenvalue weighted by Crippen LogP contribution is -2.82. The van der Waals surface area contributed by atoms with Crippen LogP contribution in [0.5, 0.6) is 0 Å². The van der Waals surface area contributed by atoms with Crippen molar-refractivity contribution in [2.24, 2.45) is 16.7 Å². The number of nitrogens with one attached hydrogen (secondary N) is 1. The lowest BCUT2D eigenvalue weighted by molar-refractivity contribution is -0.346. The number of aliphatic hydroxyl groups excluding tert-OH is 2. The summed E-state index contributed by atoms with van der Waals surface area (Å²) in [5.74, 6) is -6.84. The molecule has 2 bridgehead atoms. The van der Waals surface area contributed by atoms with Gasteiger partial charge in [0.1, 0.15) is 23.9 Å². The van der Waals surface area contributed by atoms with Crippen LogP contribution in [-0.2, 0) is 64.5 Å². The molecule has 2 saturated carbocycles. The minimum Gasteiger partial charge on any atom is -0.456 e. The molecule has 4 aliphatic rings. The first-order chi connectivity index (χ1) is 32.7. The van der Waals surface area contributed by atoms with Crippen LogP contribution in [0.3, 0.4) is 0 Å². The summed E-state index contributed by atoms with van der Waals surface area (Å²) in [6.45, 7) is 7.97. The molecule has 2 unspecified atom stereocenters. The fourth-order valence-corrected chi connectivity index (χ4v) is 10.2. The van der Waals surface area contributed by atoms with Gasteiger partial charge in [0.05, 0.1) is 35.6 Å². The van der Waals surface area contributed by atoms with Crippen molar-refractivity contribution in [1.29, 1.82) is 0 Å². The van der Waals surface area contributed by atoms with E-state index < -0.39 is 134 Å². The van der Waals surface area contributed by atoms with Gasteiger partial charge in [0.2, 0.25) is 0 Å². The van der Waals surface area contributed by atoms with Gasteiger partial charge in [-0.2, -0.15) is 0 Å². The molecule has 0 radical (unpaired) electrons. The van der Waals surface area contributed by atoms with Gasteiger partial charge in [-0.3, -0.25) is 27.6 Å². The molecule has 1 amide bonds. The van der Waals surface area contributed by atoms with Gasteiger partial charge in [-0.05, 0) is 54.8 Å². The van der Waals surface area contributed by atoms with Crippen molar-refractivity contribution in [2.45, 2.75) is 108 Å². The van der Waals surface area contributed by atoms with Crippen LogP contribution in [0.4, 0.5) is 0 Å².